The van der Waals surface area contributed by atoms with E-state index in [-0.39, 0.29) is 5.02 Å². The van der Waals surface area contributed by atoms with Gasteiger partial charge in [0.15, 0.2) is 0 Å². The van der Waals surface area contributed by atoms with E-state index in [9.17, 15) is 4.39 Å². The van der Waals surface area contributed by atoms with E-state index in [2.05, 4.69) is 0 Å². The molecular weight excluding hydrogens is 288 g/mol. The molecule has 0 aliphatic carbocycles. The molecule has 19 heavy (non-hydrogen) atoms. The van der Waals surface area contributed by atoms with Gasteiger partial charge in [0.2, 0.25) is 0 Å². The predicted octanol–water partition coefficient (Wildman–Crippen LogP) is 4.43. The molecule has 0 unspecified atom stereocenters. The minimum atomic E-state index is -0.407. The van der Waals surface area contributed by atoms with E-state index in [1.54, 1.807) is 18.2 Å². The molecule has 2 aromatic rings. The molecular formula is C14H12Cl2FNO. The monoisotopic (exact) mass is 299 g/mol. The van der Waals surface area contributed by atoms with Crippen molar-refractivity contribution in [1.82, 2.24) is 0 Å². The third-order valence-electron chi connectivity index (χ3n) is 2.55. The SMILES string of the molecule is NCCc1cc(Cl)ccc1Oc1ccc(F)cc1Cl. The molecule has 2 rings (SSSR count). The Kier molecular flexibility index (Phi) is 4.64. The van der Waals surface area contributed by atoms with E-state index in [4.69, 9.17) is 33.7 Å². The Bertz CT molecular complexity index is 590. The van der Waals surface area contributed by atoms with E-state index < -0.39 is 5.82 Å². The summed E-state index contributed by atoms with van der Waals surface area (Å²) in [6.07, 6.45) is 0.634. The fourth-order valence-corrected chi connectivity index (χ4v) is 2.08. The Morgan fingerprint density at radius 2 is 1.79 bits per heavy atom. The van der Waals surface area contributed by atoms with Gasteiger partial charge in [0.25, 0.3) is 0 Å². The zero-order chi connectivity index (χ0) is 13.8. The minimum absolute atomic E-state index is 0.216. The van der Waals surface area contributed by atoms with Crippen molar-refractivity contribution in [1.29, 1.82) is 0 Å². The lowest BCUT2D eigenvalue weighted by molar-refractivity contribution is 0.474. The molecule has 5 heteroatoms. The van der Waals surface area contributed by atoms with E-state index in [1.807, 2.05) is 0 Å². The Balaban J connectivity index is 2.32. The summed E-state index contributed by atoms with van der Waals surface area (Å²) in [7, 11) is 0. The highest BCUT2D eigenvalue weighted by molar-refractivity contribution is 6.32. The molecule has 0 amide bonds. The van der Waals surface area contributed by atoms with Crippen molar-refractivity contribution in [2.75, 3.05) is 6.54 Å². The van der Waals surface area contributed by atoms with Crippen molar-refractivity contribution in [3.8, 4) is 11.5 Å². The number of hydrogen-bond acceptors (Lipinski definition) is 2. The molecule has 0 aliphatic rings. The number of ether oxygens (including phenoxy) is 1. The van der Waals surface area contributed by atoms with Gasteiger partial charge in [-0.15, -0.1) is 0 Å². The molecule has 0 saturated carbocycles. The van der Waals surface area contributed by atoms with Crippen LogP contribution in [0.2, 0.25) is 10.0 Å². The van der Waals surface area contributed by atoms with Crippen LogP contribution in [0.4, 0.5) is 4.39 Å². The summed E-state index contributed by atoms with van der Waals surface area (Å²) in [5, 5.41) is 0.828. The van der Waals surface area contributed by atoms with Crippen molar-refractivity contribution >= 4 is 23.2 Å². The van der Waals surface area contributed by atoms with Crippen LogP contribution in [0.3, 0.4) is 0 Å². The average Bonchev–Trinajstić information content (AvgIpc) is 2.36. The van der Waals surface area contributed by atoms with Crippen molar-refractivity contribution in [2.45, 2.75) is 6.42 Å². The van der Waals surface area contributed by atoms with Gasteiger partial charge in [-0.3, -0.25) is 0 Å². The molecule has 0 bridgehead atoms. The molecule has 2 nitrogen and oxygen atoms in total. The normalized spacial score (nSPS) is 10.5. The van der Waals surface area contributed by atoms with Crippen LogP contribution in [0.1, 0.15) is 5.56 Å². The lowest BCUT2D eigenvalue weighted by atomic mass is 10.1. The molecule has 0 heterocycles. The maximum atomic E-state index is 13.0. The predicted molar refractivity (Wildman–Crippen MR) is 75.7 cm³/mol. The molecule has 0 fully saturated rings. The lowest BCUT2D eigenvalue weighted by Crippen LogP contribution is -2.04. The second kappa shape index (κ2) is 6.24. The van der Waals surface area contributed by atoms with Gasteiger partial charge in [-0.2, -0.15) is 0 Å². The van der Waals surface area contributed by atoms with Crippen molar-refractivity contribution in [2.24, 2.45) is 5.73 Å². The van der Waals surface area contributed by atoms with Gasteiger partial charge < -0.3 is 10.5 Å². The highest BCUT2D eigenvalue weighted by Crippen LogP contribution is 2.32. The second-order valence-corrected chi connectivity index (χ2v) is 4.81. The summed E-state index contributed by atoms with van der Waals surface area (Å²) in [5.41, 5.74) is 6.43. The van der Waals surface area contributed by atoms with Crippen LogP contribution in [-0.4, -0.2) is 6.54 Å². The molecule has 0 radical (unpaired) electrons. The fourth-order valence-electron chi connectivity index (χ4n) is 1.67. The van der Waals surface area contributed by atoms with Crippen LogP contribution < -0.4 is 10.5 Å². The van der Waals surface area contributed by atoms with Gasteiger partial charge in [0, 0.05) is 5.02 Å². The number of rotatable bonds is 4. The first-order chi connectivity index (χ1) is 9.10. The summed E-state index contributed by atoms with van der Waals surface area (Å²) < 4.78 is 18.7. The highest BCUT2D eigenvalue weighted by atomic mass is 35.5. The van der Waals surface area contributed by atoms with Crippen LogP contribution in [0.5, 0.6) is 11.5 Å². The molecule has 100 valence electrons. The summed E-state index contributed by atoms with van der Waals surface area (Å²) in [6, 6.07) is 9.23. The van der Waals surface area contributed by atoms with Gasteiger partial charge in [-0.25, -0.2) is 4.39 Å². The summed E-state index contributed by atoms with van der Waals surface area (Å²) in [5.74, 6) is 0.600. The number of hydrogen-bond donors (Lipinski definition) is 1. The van der Waals surface area contributed by atoms with Crippen molar-refractivity contribution < 1.29 is 9.13 Å². The first-order valence-electron chi connectivity index (χ1n) is 5.71. The van der Waals surface area contributed by atoms with Crippen LogP contribution >= 0.6 is 23.2 Å². The van der Waals surface area contributed by atoms with Crippen molar-refractivity contribution in [3.63, 3.8) is 0 Å². The topological polar surface area (TPSA) is 35.2 Å². The van der Waals surface area contributed by atoms with Crippen LogP contribution in [-0.2, 0) is 6.42 Å². The Morgan fingerprint density at radius 3 is 2.47 bits per heavy atom. The summed E-state index contributed by atoms with van der Waals surface area (Å²) in [6.45, 7) is 0.480. The second-order valence-electron chi connectivity index (χ2n) is 3.97. The standard InChI is InChI=1S/C14H12Cl2FNO/c15-10-1-3-13(9(7-10)5-6-18)19-14-4-2-11(17)8-12(14)16/h1-4,7-8H,5-6,18H2. The summed E-state index contributed by atoms with van der Waals surface area (Å²) in [4.78, 5) is 0. The van der Waals surface area contributed by atoms with Crippen LogP contribution in [0.25, 0.3) is 0 Å². The Hall–Kier alpha value is -1.29. The first kappa shape index (κ1) is 14.1. The smallest absolute Gasteiger partial charge is 0.146 e. The highest BCUT2D eigenvalue weighted by Gasteiger charge is 2.09. The largest absolute Gasteiger partial charge is 0.456 e. The minimum Gasteiger partial charge on any atom is -0.456 e. The van der Waals surface area contributed by atoms with Gasteiger partial charge in [0.1, 0.15) is 17.3 Å². The number of benzene rings is 2. The van der Waals surface area contributed by atoms with Crippen LogP contribution in [0, 0.1) is 5.82 Å². The van der Waals surface area contributed by atoms with Gasteiger partial charge in [-0.05, 0) is 54.9 Å². The van der Waals surface area contributed by atoms with E-state index in [1.165, 1.54) is 18.2 Å². The third kappa shape index (κ3) is 3.60. The van der Waals surface area contributed by atoms with E-state index in [0.29, 0.717) is 29.5 Å². The Labute approximate surface area is 120 Å². The average molecular weight is 300 g/mol. The maximum Gasteiger partial charge on any atom is 0.146 e. The quantitative estimate of drug-likeness (QED) is 0.906. The van der Waals surface area contributed by atoms with E-state index >= 15 is 0 Å². The summed E-state index contributed by atoms with van der Waals surface area (Å²) >= 11 is 11.9. The van der Waals surface area contributed by atoms with Crippen LogP contribution in [0.15, 0.2) is 36.4 Å². The molecule has 0 spiro atoms. The van der Waals surface area contributed by atoms with Gasteiger partial charge in [0.05, 0.1) is 5.02 Å². The molecule has 2 N–H and O–H groups in total. The van der Waals surface area contributed by atoms with Gasteiger partial charge in [-0.1, -0.05) is 23.2 Å². The molecule has 0 saturated heterocycles. The zero-order valence-electron chi connectivity index (χ0n) is 10.00. The Morgan fingerprint density at radius 1 is 1.05 bits per heavy atom. The molecule has 0 atom stereocenters. The maximum absolute atomic E-state index is 13.0. The number of nitrogens with two attached hydrogens (primary N) is 1. The van der Waals surface area contributed by atoms with E-state index in [0.717, 1.165) is 5.56 Å². The van der Waals surface area contributed by atoms with Crippen molar-refractivity contribution in [3.05, 3.63) is 57.8 Å². The molecule has 2 aromatic carbocycles. The van der Waals surface area contributed by atoms with Gasteiger partial charge >= 0.3 is 0 Å². The first-order valence-corrected chi connectivity index (χ1v) is 6.47. The zero-order valence-corrected chi connectivity index (χ0v) is 11.5. The fraction of sp³-hybridized carbons (Fsp3) is 0.143. The lowest BCUT2D eigenvalue weighted by Gasteiger charge is -2.12. The number of halogens is 3. The third-order valence-corrected chi connectivity index (χ3v) is 3.08. The molecule has 0 aromatic heterocycles. The molecule has 0 aliphatic heterocycles.